The van der Waals surface area contributed by atoms with Crippen LogP contribution in [0, 0.1) is 5.92 Å². The predicted octanol–water partition coefficient (Wildman–Crippen LogP) is 4.63. The van der Waals surface area contributed by atoms with Crippen molar-refractivity contribution in [3.8, 4) is 0 Å². The van der Waals surface area contributed by atoms with Crippen LogP contribution in [-0.4, -0.2) is 30.1 Å². The van der Waals surface area contributed by atoms with E-state index in [0.29, 0.717) is 0 Å². The summed E-state index contributed by atoms with van der Waals surface area (Å²) in [7, 11) is 0. The summed E-state index contributed by atoms with van der Waals surface area (Å²) in [5.74, 6) is -7.27. The molecule has 18 heavy (non-hydrogen) atoms. The van der Waals surface area contributed by atoms with Gasteiger partial charge >= 0.3 is 12.3 Å². The third kappa shape index (κ3) is 2.71. The third-order valence-electron chi connectivity index (χ3n) is 2.85. The number of halogens is 8. The van der Waals surface area contributed by atoms with Crippen LogP contribution in [0.4, 0.5) is 35.1 Å². The van der Waals surface area contributed by atoms with Crippen LogP contribution in [0.3, 0.4) is 0 Å². The van der Waals surface area contributed by atoms with Crippen molar-refractivity contribution in [3.63, 3.8) is 0 Å². The molecular formula is C10H14F8. The van der Waals surface area contributed by atoms with Gasteiger partial charge in [0.05, 0.1) is 0 Å². The van der Waals surface area contributed by atoms with Crippen molar-refractivity contribution in [1.29, 1.82) is 0 Å². The van der Waals surface area contributed by atoms with Crippen molar-refractivity contribution < 1.29 is 35.1 Å². The van der Waals surface area contributed by atoms with E-state index in [1.807, 2.05) is 0 Å². The normalized spacial score (nSPS) is 20.3. The van der Waals surface area contributed by atoms with Gasteiger partial charge in [0.25, 0.3) is 0 Å². The van der Waals surface area contributed by atoms with Gasteiger partial charge in [0, 0.05) is 6.42 Å². The largest absolute Gasteiger partial charge is 0.343 e. The minimum atomic E-state index is -5.36. The Bertz CT molecular complexity index is 273. The second-order valence-electron chi connectivity index (χ2n) is 4.58. The highest BCUT2D eigenvalue weighted by Crippen LogP contribution is 2.52. The minimum Gasteiger partial charge on any atom is -0.240 e. The van der Waals surface area contributed by atoms with Gasteiger partial charge in [-0.2, -0.15) is 8.78 Å². The average molecular weight is 286 g/mol. The van der Waals surface area contributed by atoms with Gasteiger partial charge in [-0.1, -0.05) is 13.8 Å². The van der Waals surface area contributed by atoms with Crippen LogP contribution in [0.5, 0.6) is 0 Å². The molecule has 0 aromatic heterocycles. The van der Waals surface area contributed by atoms with Gasteiger partial charge in [0.1, 0.15) is 0 Å². The molecule has 0 N–H and O–H groups in total. The molecule has 0 heterocycles. The summed E-state index contributed by atoms with van der Waals surface area (Å²) in [6, 6.07) is 0. The SMILES string of the molecule is CC(C)C(F)(C(C)(F)CC(F)F)C(F)(F)C(F)F. The molecule has 0 aliphatic carbocycles. The standard InChI is InChI=1S/C10H14F8/c1-5(2)9(16,10(17,18)7(13)14)8(3,15)4-6(11)12/h5-7H,4H2,1-3H3. The van der Waals surface area contributed by atoms with Gasteiger partial charge in [0.2, 0.25) is 12.1 Å². The zero-order valence-electron chi connectivity index (χ0n) is 9.96. The molecule has 0 aromatic carbocycles. The first-order chi connectivity index (χ1) is 7.80. The van der Waals surface area contributed by atoms with Crippen molar-refractivity contribution in [2.75, 3.05) is 0 Å². The molecular weight excluding hydrogens is 272 g/mol. The lowest BCUT2D eigenvalue weighted by Crippen LogP contribution is -2.64. The molecule has 8 heteroatoms. The molecule has 0 radical (unpaired) electrons. The Morgan fingerprint density at radius 3 is 1.50 bits per heavy atom. The van der Waals surface area contributed by atoms with Crippen LogP contribution < -0.4 is 0 Å². The second-order valence-corrected chi connectivity index (χ2v) is 4.58. The molecule has 0 fully saturated rings. The maximum Gasteiger partial charge on any atom is 0.343 e. The number of hydrogen-bond acceptors (Lipinski definition) is 0. The summed E-state index contributed by atoms with van der Waals surface area (Å²) >= 11 is 0. The van der Waals surface area contributed by atoms with Crippen LogP contribution in [0.1, 0.15) is 27.2 Å². The molecule has 0 aliphatic heterocycles. The van der Waals surface area contributed by atoms with Gasteiger partial charge in [-0.3, -0.25) is 0 Å². The molecule has 0 bridgehead atoms. The molecule has 0 aliphatic rings. The maximum absolute atomic E-state index is 14.1. The predicted molar refractivity (Wildman–Crippen MR) is 49.8 cm³/mol. The van der Waals surface area contributed by atoms with Crippen molar-refractivity contribution >= 4 is 0 Å². The molecule has 0 spiro atoms. The number of alkyl halides is 8. The van der Waals surface area contributed by atoms with E-state index in [1.165, 1.54) is 0 Å². The number of hydrogen-bond donors (Lipinski definition) is 0. The fourth-order valence-corrected chi connectivity index (χ4v) is 1.93. The highest BCUT2D eigenvalue weighted by Gasteiger charge is 2.71. The van der Waals surface area contributed by atoms with Crippen molar-refractivity contribution in [2.45, 2.75) is 57.3 Å². The lowest BCUT2D eigenvalue weighted by Gasteiger charge is -2.44. The molecule has 110 valence electrons. The fourth-order valence-electron chi connectivity index (χ4n) is 1.93. The maximum atomic E-state index is 14.1. The third-order valence-corrected chi connectivity index (χ3v) is 2.85. The molecule has 0 nitrogen and oxygen atoms in total. The summed E-state index contributed by atoms with van der Waals surface area (Å²) in [5, 5.41) is 0. The van der Waals surface area contributed by atoms with Crippen LogP contribution in [-0.2, 0) is 0 Å². The van der Waals surface area contributed by atoms with Gasteiger partial charge in [-0.25, -0.2) is 26.3 Å². The zero-order chi connectivity index (χ0) is 14.9. The summed E-state index contributed by atoms with van der Waals surface area (Å²) in [5.41, 5.74) is -8.17. The molecule has 0 rings (SSSR count). The Kier molecular flexibility index (Phi) is 5.04. The van der Waals surface area contributed by atoms with Gasteiger partial charge in [-0.05, 0) is 12.8 Å². The monoisotopic (exact) mass is 286 g/mol. The summed E-state index contributed by atoms with van der Waals surface area (Å²) in [4.78, 5) is 0. The van der Waals surface area contributed by atoms with E-state index in [4.69, 9.17) is 0 Å². The lowest BCUT2D eigenvalue weighted by molar-refractivity contribution is -0.273. The van der Waals surface area contributed by atoms with E-state index in [1.54, 1.807) is 0 Å². The summed E-state index contributed by atoms with van der Waals surface area (Å²) in [6.45, 7) is 1.62. The molecule has 0 amide bonds. The second kappa shape index (κ2) is 5.21. The van der Waals surface area contributed by atoms with Crippen molar-refractivity contribution in [3.05, 3.63) is 0 Å². The Morgan fingerprint density at radius 2 is 1.28 bits per heavy atom. The smallest absolute Gasteiger partial charge is 0.240 e. The lowest BCUT2D eigenvalue weighted by atomic mass is 9.73. The van der Waals surface area contributed by atoms with Crippen molar-refractivity contribution in [2.24, 2.45) is 5.92 Å². The van der Waals surface area contributed by atoms with E-state index in [9.17, 15) is 35.1 Å². The summed E-state index contributed by atoms with van der Waals surface area (Å²) in [6.07, 6.45) is -9.80. The van der Waals surface area contributed by atoms with Crippen LogP contribution in [0.15, 0.2) is 0 Å². The van der Waals surface area contributed by atoms with E-state index in [0.717, 1.165) is 13.8 Å². The Morgan fingerprint density at radius 1 is 0.889 bits per heavy atom. The topological polar surface area (TPSA) is 0 Å². The summed E-state index contributed by atoms with van der Waals surface area (Å²) < 4.78 is 103. The fraction of sp³-hybridized carbons (Fsp3) is 1.00. The first-order valence-electron chi connectivity index (χ1n) is 5.12. The van der Waals surface area contributed by atoms with E-state index < -0.39 is 42.4 Å². The van der Waals surface area contributed by atoms with E-state index >= 15 is 0 Å². The minimum absolute atomic E-state index is 0.148. The van der Waals surface area contributed by atoms with Crippen molar-refractivity contribution in [1.82, 2.24) is 0 Å². The highest BCUT2D eigenvalue weighted by molar-refractivity contribution is 5.10. The quantitative estimate of drug-likeness (QED) is 0.624. The molecule has 0 saturated carbocycles. The highest BCUT2D eigenvalue weighted by atomic mass is 19.3. The Hall–Kier alpha value is -0.560. The first-order valence-corrected chi connectivity index (χ1v) is 5.12. The molecule has 0 saturated heterocycles. The molecule has 2 atom stereocenters. The number of rotatable bonds is 6. The Balaban J connectivity index is 5.67. The van der Waals surface area contributed by atoms with Crippen LogP contribution in [0.2, 0.25) is 0 Å². The van der Waals surface area contributed by atoms with Crippen LogP contribution in [0.25, 0.3) is 0 Å². The average Bonchev–Trinajstić information content (AvgIpc) is 2.12. The Labute approximate surface area is 99.3 Å². The van der Waals surface area contributed by atoms with Gasteiger partial charge < -0.3 is 0 Å². The molecule has 2 unspecified atom stereocenters. The zero-order valence-corrected chi connectivity index (χ0v) is 9.96. The first kappa shape index (κ1) is 17.4. The van der Waals surface area contributed by atoms with E-state index in [-0.39, 0.29) is 6.92 Å². The molecule has 0 aromatic rings. The van der Waals surface area contributed by atoms with Crippen LogP contribution >= 0.6 is 0 Å². The van der Waals surface area contributed by atoms with E-state index in [2.05, 4.69) is 0 Å². The van der Waals surface area contributed by atoms with Gasteiger partial charge in [0.15, 0.2) is 5.67 Å². The van der Waals surface area contributed by atoms with Gasteiger partial charge in [-0.15, -0.1) is 0 Å².